The van der Waals surface area contributed by atoms with Gasteiger partial charge in [-0.05, 0) is 74.0 Å². The molecule has 2 aliphatic carbocycles. The number of aliphatic hydroxyl groups is 1. The predicted molar refractivity (Wildman–Crippen MR) is 128 cm³/mol. The number of imide groups is 1. The van der Waals surface area contributed by atoms with Crippen molar-refractivity contribution in [3.63, 3.8) is 0 Å². The van der Waals surface area contributed by atoms with Crippen molar-refractivity contribution in [2.75, 3.05) is 6.61 Å². The maximum atomic E-state index is 13.0. The lowest BCUT2D eigenvalue weighted by atomic mass is 9.75. The molecule has 3 amide bonds. The number of hydrogen-bond donors (Lipinski definition) is 3. The van der Waals surface area contributed by atoms with Crippen LogP contribution >= 0.6 is 0 Å². The highest BCUT2D eigenvalue weighted by Crippen LogP contribution is 2.34. The molecule has 2 saturated carbocycles. The van der Waals surface area contributed by atoms with E-state index in [0.717, 1.165) is 31.2 Å². The van der Waals surface area contributed by atoms with Gasteiger partial charge in [-0.3, -0.25) is 19.7 Å². The van der Waals surface area contributed by atoms with Crippen LogP contribution in [0.25, 0.3) is 0 Å². The Bertz CT molecular complexity index is 942. The summed E-state index contributed by atoms with van der Waals surface area (Å²) in [4.78, 5) is 38.5. The number of rotatable bonds is 6. The van der Waals surface area contributed by atoms with Crippen molar-refractivity contribution in [1.29, 1.82) is 0 Å². The van der Waals surface area contributed by atoms with Gasteiger partial charge in [0.2, 0.25) is 11.8 Å². The molecule has 184 valence electrons. The molecular weight excluding hydrogens is 430 g/mol. The maximum Gasteiger partial charge on any atom is 0.255 e. The number of piperidine rings is 1. The molecule has 7 heteroatoms. The summed E-state index contributed by atoms with van der Waals surface area (Å²) in [5.74, 6) is 0.0813. The molecular formula is C27H37N3O4. The van der Waals surface area contributed by atoms with Crippen LogP contribution in [0.15, 0.2) is 18.2 Å². The number of amides is 3. The summed E-state index contributed by atoms with van der Waals surface area (Å²) in [6.45, 7) is 0.675. The molecule has 3 fully saturated rings. The summed E-state index contributed by atoms with van der Waals surface area (Å²) in [7, 11) is 0. The predicted octanol–water partition coefficient (Wildman–Crippen LogP) is 2.69. The summed E-state index contributed by atoms with van der Waals surface area (Å²) in [5, 5.41) is 16.2. The van der Waals surface area contributed by atoms with E-state index in [1.54, 1.807) is 4.90 Å². The van der Waals surface area contributed by atoms with E-state index >= 15 is 0 Å². The van der Waals surface area contributed by atoms with E-state index in [9.17, 15) is 19.5 Å². The Morgan fingerprint density at radius 1 is 1.03 bits per heavy atom. The Balaban J connectivity index is 1.28. The fraction of sp³-hybridized carbons (Fsp3) is 0.667. The molecule has 0 radical (unpaired) electrons. The molecule has 0 aromatic heterocycles. The first-order chi connectivity index (χ1) is 16.5. The SMILES string of the molecule is O=C1CCC(N2Cc3cc(C[C@H]4C[C@H](CO)CC[C@@H]4NC4CCCCC4)ccc3C2=O)C(=O)N1. The largest absolute Gasteiger partial charge is 0.396 e. The average molecular weight is 468 g/mol. The minimum atomic E-state index is -0.575. The van der Waals surface area contributed by atoms with Crippen LogP contribution in [0.2, 0.25) is 0 Å². The third-order valence-electron chi connectivity index (χ3n) is 8.49. The lowest BCUT2D eigenvalue weighted by Crippen LogP contribution is -2.52. The van der Waals surface area contributed by atoms with Gasteiger partial charge in [0.05, 0.1) is 0 Å². The normalized spacial score (nSPS) is 30.4. The molecule has 2 heterocycles. The second kappa shape index (κ2) is 10.2. The summed E-state index contributed by atoms with van der Waals surface area (Å²) >= 11 is 0. The first-order valence-electron chi connectivity index (χ1n) is 13.1. The van der Waals surface area contributed by atoms with E-state index in [2.05, 4.69) is 22.8 Å². The minimum Gasteiger partial charge on any atom is -0.396 e. The first-order valence-corrected chi connectivity index (χ1v) is 13.1. The number of aliphatic hydroxyl groups excluding tert-OH is 1. The van der Waals surface area contributed by atoms with Gasteiger partial charge in [0.25, 0.3) is 5.91 Å². The van der Waals surface area contributed by atoms with Gasteiger partial charge in [-0.2, -0.15) is 0 Å². The zero-order valence-corrected chi connectivity index (χ0v) is 19.9. The highest BCUT2D eigenvalue weighted by atomic mass is 16.3. The Morgan fingerprint density at radius 2 is 1.85 bits per heavy atom. The lowest BCUT2D eigenvalue weighted by Gasteiger charge is -2.39. The molecule has 1 aromatic rings. The van der Waals surface area contributed by atoms with Gasteiger partial charge in [0.1, 0.15) is 6.04 Å². The number of hydrogen-bond acceptors (Lipinski definition) is 5. The fourth-order valence-corrected chi connectivity index (χ4v) is 6.60. The summed E-state index contributed by atoms with van der Waals surface area (Å²) in [5.41, 5.74) is 2.86. The number of fused-ring (bicyclic) bond motifs is 1. The summed E-state index contributed by atoms with van der Waals surface area (Å²) < 4.78 is 0. The van der Waals surface area contributed by atoms with Gasteiger partial charge < -0.3 is 15.3 Å². The maximum absolute atomic E-state index is 13.0. The quantitative estimate of drug-likeness (QED) is 0.559. The van der Waals surface area contributed by atoms with Crippen LogP contribution in [-0.4, -0.2) is 52.5 Å². The van der Waals surface area contributed by atoms with Crippen LogP contribution in [0.1, 0.15) is 85.7 Å². The number of nitrogens with one attached hydrogen (secondary N) is 2. The number of carbonyl (C=O) groups excluding carboxylic acids is 3. The van der Waals surface area contributed by atoms with Crippen LogP contribution in [-0.2, 0) is 22.6 Å². The molecule has 0 bridgehead atoms. The third kappa shape index (κ3) is 4.91. The fourth-order valence-electron chi connectivity index (χ4n) is 6.60. The van der Waals surface area contributed by atoms with E-state index in [1.165, 1.54) is 37.7 Å². The van der Waals surface area contributed by atoms with E-state index < -0.39 is 6.04 Å². The van der Waals surface area contributed by atoms with Crippen LogP contribution in [0.3, 0.4) is 0 Å². The Morgan fingerprint density at radius 3 is 2.62 bits per heavy atom. The van der Waals surface area contributed by atoms with Gasteiger partial charge >= 0.3 is 0 Å². The molecule has 4 atom stereocenters. The summed E-state index contributed by atoms with van der Waals surface area (Å²) in [6.07, 6.45) is 11.3. The van der Waals surface area contributed by atoms with E-state index in [4.69, 9.17) is 0 Å². The van der Waals surface area contributed by atoms with E-state index in [-0.39, 0.29) is 30.7 Å². The molecule has 3 N–H and O–H groups in total. The Hall–Kier alpha value is -2.25. The third-order valence-corrected chi connectivity index (χ3v) is 8.49. The summed E-state index contributed by atoms with van der Waals surface area (Å²) in [6, 6.07) is 6.63. The Kier molecular flexibility index (Phi) is 7.02. The first kappa shape index (κ1) is 23.5. The highest BCUT2D eigenvalue weighted by Gasteiger charge is 2.39. The van der Waals surface area contributed by atoms with Gasteiger partial charge in [0, 0.05) is 37.2 Å². The van der Waals surface area contributed by atoms with Crippen LogP contribution in [0.5, 0.6) is 0 Å². The van der Waals surface area contributed by atoms with Crippen LogP contribution < -0.4 is 10.6 Å². The number of carbonyl (C=O) groups is 3. The number of nitrogens with zero attached hydrogens (tertiary/aromatic N) is 1. The van der Waals surface area contributed by atoms with Crippen molar-refractivity contribution in [2.45, 2.75) is 95.3 Å². The average Bonchev–Trinajstić information content (AvgIpc) is 3.16. The van der Waals surface area contributed by atoms with Crippen molar-refractivity contribution >= 4 is 17.7 Å². The minimum absolute atomic E-state index is 0.120. The zero-order valence-electron chi connectivity index (χ0n) is 19.9. The van der Waals surface area contributed by atoms with Crippen LogP contribution in [0.4, 0.5) is 0 Å². The highest BCUT2D eigenvalue weighted by molar-refractivity contribution is 6.05. The molecule has 1 saturated heterocycles. The second-order valence-corrected chi connectivity index (χ2v) is 10.8. The molecule has 4 aliphatic rings. The van der Waals surface area contributed by atoms with Crippen molar-refractivity contribution < 1.29 is 19.5 Å². The molecule has 0 spiro atoms. The molecule has 7 nitrogen and oxygen atoms in total. The topological polar surface area (TPSA) is 98.7 Å². The van der Waals surface area contributed by atoms with Crippen LogP contribution in [0, 0.1) is 11.8 Å². The molecule has 1 aromatic carbocycles. The second-order valence-electron chi connectivity index (χ2n) is 10.8. The van der Waals surface area contributed by atoms with Gasteiger partial charge in [-0.1, -0.05) is 31.4 Å². The van der Waals surface area contributed by atoms with Crippen molar-refractivity contribution in [3.8, 4) is 0 Å². The smallest absolute Gasteiger partial charge is 0.255 e. The standard InChI is InChI=1S/C27H37N3O4/c31-16-18-7-9-23(28-21-4-2-1-3-5-21)19(14-18)12-17-6-8-22-20(13-17)15-30(27(22)34)24-10-11-25(32)29-26(24)33/h6,8,13,18-19,21,23-24,28,31H,1-5,7,9-12,14-16H2,(H,29,32,33)/t18-,19+,23+,24?/m1/s1. The van der Waals surface area contributed by atoms with Crippen molar-refractivity contribution in [3.05, 3.63) is 34.9 Å². The molecule has 5 rings (SSSR count). The molecule has 34 heavy (non-hydrogen) atoms. The van der Waals surface area contributed by atoms with E-state index in [0.29, 0.717) is 42.4 Å². The zero-order chi connectivity index (χ0) is 23.7. The monoisotopic (exact) mass is 467 g/mol. The van der Waals surface area contributed by atoms with Crippen molar-refractivity contribution in [1.82, 2.24) is 15.5 Å². The van der Waals surface area contributed by atoms with Gasteiger partial charge in [-0.25, -0.2) is 0 Å². The molecule has 2 aliphatic heterocycles. The lowest BCUT2D eigenvalue weighted by molar-refractivity contribution is -0.136. The van der Waals surface area contributed by atoms with E-state index in [1.807, 2.05) is 6.07 Å². The van der Waals surface area contributed by atoms with Gasteiger partial charge in [-0.15, -0.1) is 0 Å². The number of benzene rings is 1. The molecule has 1 unspecified atom stereocenters. The van der Waals surface area contributed by atoms with Crippen molar-refractivity contribution in [2.24, 2.45) is 11.8 Å². The Labute approximate surface area is 201 Å². The van der Waals surface area contributed by atoms with Gasteiger partial charge in [0.15, 0.2) is 0 Å².